The van der Waals surface area contributed by atoms with Crippen molar-refractivity contribution in [2.75, 3.05) is 13.1 Å². The number of phenols is 1. The first-order valence-corrected chi connectivity index (χ1v) is 11.6. The van der Waals surface area contributed by atoms with E-state index < -0.39 is 0 Å². The van der Waals surface area contributed by atoms with Crippen LogP contribution in [0, 0.1) is 5.82 Å². The van der Waals surface area contributed by atoms with Crippen LogP contribution >= 0.6 is 0 Å². The fourth-order valence-corrected chi connectivity index (χ4v) is 4.91. The molecular formula is C29H30FNO2. The van der Waals surface area contributed by atoms with Crippen LogP contribution < -0.4 is 0 Å². The van der Waals surface area contributed by atoms with Crippen molar-refractivity contribution in [3.63, 3.8) is 0 Å². The van der Waals surface area contributed by atoms with Crippen LogP contribution in [0.5, 0.6) is 5.75 Å². The number of aryl methyl sites for hydroxylation is 1. The van der Waals surface area contributed by atoms with Gasteiger partial charge in [0.15, 0.2) is 0 Å². The van der Waals surface area contributed by atoms with Crippen molar-refractivity contribution in [1.82, 2.24) is 4.90 Å². The Morgan fingerprint density at radius 1 is 1.00 bits per heavy atom. The normalized spacial score (nSPS) is 17.7. The maximum Gasteiger partial charge on any atom is 0.246 e. The zero-order valence-electron chi connectivity index (χ0n) is 19.2. The number of rotatable bonds is 6. The molecule has 0 radical (unpaired) electrons. The molecule has 3 aromatic carbocycles. The lowest BCUT2D eigenvalue weighted by Crippen LogP contribution is -2.28. The van der Waals surface area contributed by atoms with Crippen LogP contribution in [-0.4, -0.2) is 29.0 Å². The molecule has 170 valence electrons. The molecule has 0 saturated heterocycles. The molecule has 3 nitrogen and oxygen atoms in total. The number of nitrogens with zero attached hydrogens (tertiary/aromatic N) is 1. The summed E-state index contributed by atoms with van der Waals surface area (Å²) in [6.07, 6.45) is 5.28. The van der Waals surface area contributed by atoms with Crippen molar-refractivity contribution >= 4 is 12.0 Å². The van der Waals surface area contributed by atoms with E-state index in [1.807, 2.05) is 56.3 Å². The monoisotopic (exact) mass is 443 g/mol. The first kappa shape index (κ1) is 22.8. The maximum atomic E-state index is 13.6. The molecule has 1 aliphatic rings. The first-order valence-electron chi connectivity index (χ1n) is 11.6. The molecule has 1 N–H and O–H groups in total. The van der Waals surface area contributed by atoms with Crippen LogP contribution in [0.25, 0.3) is 6.08 Å². The summed E-state index contributed by atoms with van der Waals surface area (Å²) >= 11 is 0. The van der Waals surface area contributed by atoms with Crippen LogP contribution in [0.1, 0.15) is 59.9 Å². The largest absolute Gasteiger partial charge is 0.508 e. The van der Waals surface area contributed by atoms with Crippen molar-refractivity contribution in [3.8, 4) is 5.75 Å². The number of fused-ring (bicyclic) bond motifs is 1. The van der Waals surface area contributed by atoms with E-state index in [2.05, 4.69) is 12.1 Å². The van der Waals surface area contributed by atoms with Gasteiger partial charge < -0.3 is 10.0 Å². The fourth-order valence-electron chi connectivity index (χ4n) is 4.91. The molecule has 1 aliphatic carbocycles. The van der Waals surface area contributed by atoms with Gasteiger partial charge in [0, 0.05) is 25.1 Å². The molecule has 0 saturated carbocycles. The number of hydrogen-bond donors (Lipinski definition) is 1. The quantitative estimate of drug-likeness (QED) is 0.456. The summed E-state index contributed by atoms with van der Waals surface area (Å²) < 4.78 is 13.6. The van der Waals surface area contributed by atoms with Crippen molar-refractivity contribution in [2.24, 2.45) is 0 Å². The lowest BCUT2D eigenvalue weighted by atomic mass is 9.69. The van der Waals surface area contributed by atoms with Crippen LogP contribution in [0.4, 0.5) is 4.39 Å². The third kappa shape index (κ3) is 5.00. The molecule has 0 fully saturated rings. The van der Waals surface area contributed by atoms with Crippen molar-refractivity contribution in [2.45, 2.75) is 38.5 Å². The lowest BCUT2D eigenvalue weighted by molar-refractivity contribution is -0.125. The van der Waals surface area contributed by atoms with E-state index in [9.17, 15) is 14.3 Å². The summed E-state index contributed by atoms with van der Waals surface area (Å²) in [7, 11) is 0. The van der Waals surface area contributed by atoms with Gasteiger partial charge >= 0.3 is 0 Å². The Morgan fingerprint density at radius 3 is 2.33 bits per heavy atom. The number of aromatic hydroxyl groups is 1. The minimum atomic E-state index is -0.230. The third-order valence-corrected chi connectivity index (χ3v) is 6.68. The van der Waals surface area contributed by atoms with Crippen LogP contribution in [-0.2, 0) is 11.2 Å². The van der Waals surface area contributed by atoms with Crippen LogP contribution in [0.15, 0.2) is 72.8 Å². The van der Waals surface area contributed by atoms with E-state index in [1.54, 1.807) is 17.0 Å². The molecule has 0 aliphatic heterocycles. The lowest BCUT2D eigenvalue weighted by Gasteiger charge is -2.35. The highest BCUT2D eigenvalue weighted by atomic mass is 19.1. The average Bonchev–Trinajstić information content (AvgIpc) is 2.83. The molecule has 4 rings (SSSR count). The Morgan fingerprint density at radius 2 is 1.67 bits per heavy atom. The summed E-state index contributed by atoms with van der Waals surface area (Å²) in [6, 6.07) is 20.8. The van der Waals surface area contributed by atoms with Gasteiger partial charge in [0.1, 0.15) is 11.6 Å². The number of likely N-dealkylation sites (N-methyl/N-ethyl adjacent to an activating group) is 1. The number of halogens is 1. The molecule has 33 heavy (non-hydrogen) atoms. The Balaban J connectivity index is 1.66. The van der Waals surface area contributed by atoms with Gasteiger partial charge in [-0.15, -0.1) is 0 Å². The van der Waals surface area contributed by atoms with E-state index in [4.69, 9.17) is 0 Å². The van der Waals surface area contributed by atoms with Gasteiger partial charge in [-0.3, -0.25) is 4.79 Å². The van der Waals surface area contributed by atoms with E-state index in [0.717, 1.165) is 29.5 Å². The predicted molar refractivity (Wildman–Crippen MR) is 131 cm³/mol. The highest BCUT2D eigenvalue weighted by molar-refractivity contribution is 5.91. The summed E-state index contributed by atoms with van der Waals surface area (Å²) in [4.78, 5) is 14.1. The molecule has 1 amide bonds. The number of phenolic OH excluding ortho intramolecular Hbond substituents is 1. The molecule has 0 bridgehead atoms. The Hall–Kier alpha value is -3.40. The van der Waals surface area contributed by atoms with E-state index in [-0.39, 0.29) is 29.3 Å². The second-order valence-electron chi connectivity index (χ2n) is 8.57. The predicted octanol–water partition coefficient (Wildman–Crippen LogP) is 6.27. The van der Waals surface area contributed by atoms with E-state index in [1.165, 1.54) is 23.3 Å². The second-order valence-corrected chi connectivity index (χ2v) is 8.57. The Kier molecular flexibility index (Phi) is 6.93. The average molecular weight is 444 g/mol. The van der Waals surface area contributed by atoms with Crippen molar-refractivity contribution in [1.29, 1.82) is 0 Å². The summed E-state index contributed by atoms with van der Waals surface area (Å²) in [5.41, 5.74) is 5.62. The van der Waals surface area contributed by atoms with Gasteiger partial charge in [-0.2, -0.15) is 0 Å². The molecule has 3 aromatic rings. The minimum absolute atomic E-state index is 0.0152. The topological polar surface area (TPSA) is 40.5 Å². The van der Waals surface area contributed by atoms with Crippen LogP contribution in [0.3, 0.4) is 0 Å². The Bertz CT molecular complexity index is 1130. The van der Waals surface area contributed by atoms with Gasteiger partial charge in [-0.25, -0.2) is 4.39 Å². The zero-order valence-corrected chi connectivity index (χ0v) is 19.2. The zero-order chi connectivity index (χ0) is 23.4. The highest BCUT2D eigenvalue weighted by Crippen LogP contribution is 2.47. The van der Waals surface area contributed by atoms with Crippen molar-refractivity contribution < 1.29 is 14.3 Å². The number of carbonyl (C=O) groups excluding carboxylic acids is 1. The number of carbonyl (C=O) groups is 1. The molecular weight excluding hydrogens is 413 g/mol. The molecule has 0 unspecified atom stereocenters. The molecule has 0 aromatic heterocycles. The van der Waals surface area contributed by atoms with E-state index in [0.29, 0.717) is 13.1 Å². The third-order valence-electron chi connectivity index (χ3n) is 6.68. The number of amides is 1. The number of benzene rings is 3. The minimum Gasteiger partial charge on any atom is -0.508 e. The SMILES string of the molecule is CCN(CC)C(=O)C=Cc1ccc([C@@H]2c3ccc(O)cc3CC[C@@H]2c2ccc(F)cc2)cc1. The van der Waals surface area contributed by atoms with Gasteiger partial charge in [0.05, 0.1) is 0 Å². The fraction of sp³-hybridized carbons (Fsp3) is 0.276. The van der Waals surface area contributed by atoms with Gasteiger partial charge in [0.2, 0.25) is 5.91 Å². The van der Waals surface area contributed by atoms with Gasteiger partial charge in [-0.05, 0) is 90.8 Å². The standard InChI is InChI=1S/C29H30FNO2/c1-3-31(4-2)28(33)18-7-20-5-8-22(9-6-20)29-26(21-10-13-24(30)14-11-21)16-12-23-19-25(32)15-17-27(23)29/h5-11,13-15,17-19,26,29,32H,3-4,12,16H2,1-2H3/t26-,29+/m1/s1. The van der Waals surface area contributed by atoms with E-state index >= 15 is 0 Å². The first-order chi connectivity index (χ1) is 16.0. The molecule has 0 heterocycles. The summed E-state index contributed by atoms with van der Waals surface area (Å²) in [5.74, 6) is 0.391. The molecule has 0 spiro atoms. The van der Waals surface area contributed by atoms with Crippen LogP contribution in [0.2, 0.25) is 0 Å². The number of hydrogen-bond acceptors (Lipinski definition) is 2. The Labute approximate surface area is 195 Å². The molecule has 2 atom stereocenters. The van der Waals surface area contributed by atoms with Crippen molar-refractivity contribution in [3.05, 3.63) is 106 Å². The maximum absolute atomic E-state index is 13.6. The van der Waals surface area contributed by atoms with Gasteiger partial charge in [-0.1, -0.05) is 42.5 Å². The molecule has 4 heteroatoms. The second kappa shape index (κ2) is 10.0. The van der Waals surface area contributed by atoms with Gasteiger partial charge in [0.25, 0.3) is 0 Å². The highest BCUT2D eigenvalue weighted by Gasteiger charge is 2.32. The smallest absolute Gasteiger partial charge is 0.246 e. The summed E-state index contributed by atoms with van der Waals surface area (Å²) in [6.45, 7) is 5.34. The summed E-state index contributed by atoms with van der Waals surface area (Å²) in [5, 5.41) is 9.99.